The van der Waals surface area contributed by atoms with Crippen molar-refractivity contribution in [3.8, 4) is 0 Å². The number of benzene rings is 3. The summed E-state index contributed by atoms with van der Waals surface area (Å²) < 4.78 is 13.2. The van der Waals surface area contributed by atoms with Crippen molar-refractivity contribution in [2.24, 2.45) is 0 Å². The lowest BCUT2D eigenvalue weighted by molar-refractivity contribution is -0.113. The van der Waals surface area contributed by atoms with Gasteiger partial charge in [-0.2, -0.15) is 0 Å². The van der Waals surface area contributed by atoms with Crippen LogP contribution in [0.1, 0.15) is 11.3 Å². The highest BCUT2D eigenvalue weighted by molar-refractivity contribution is 8.00. The number of anilines is 1. The third-order valence-electron chi connectivity index (χ3n) is 4.34. The average molecular weight is 438 g/mol. The van der Waals surface area contributed by atoms with Gasteiger partial charge in [0.05, 0.1) is 22.5 Å². The molecule has 30 heavy (non-hydrogen) atoms. The summed E-state index contributed by atoms with van der Waals surface area (Å²) in [4.78, 5) is 21.9. The second kappa shape index (κ2) is 9.24. The fourth-order valence-corrected chi connectivity index (χ4v) is 3.92. The van der Waals surface area contributed by atoms with Gasteiger partial charge < -0.3 is 5.32 Å². The van der Waals surface area contributed by atoms with E-state index in [9.17, 15) is 9.18 Å². The number of carbonyl (C=O) groups is 1. The van der Waals surface area contributed by atoms with Crippen molar-refractivity contribution >= 4 is 46.0 Å². The Hall–Kier alpha value is -2.96. The van der Waals surface area contributed by atoms with Crippen LogP contribution in [-0.4, -0.2) is 21.6 Å². The molecule has 0 atom stereocenters. The summed E-state index contributed by atoms with van der Waals surface area (Å²) in [6.07, 6.45) is 0.496. The SMILES string of the molecule is O=C(CSc1nc2ccccc2nc1Cc1ccc(F)cc1)Nc1cccc(Cl)c1. The molecule has 0 bridgehead atoms. The average Bonchev–Trinajstić information content (AvgIpc) is 2.74. The number of hydrogen-bond acceptors (Lipinski definition) is 4. The first-order valence-corrected chi connectivity index (χ1v) is 10.6. The highest BCUT2D eigenvalue weighted by atomic mass is 35.5. The molecule has 0 radical (unpaired) electrons. The van der Waals surface area contributed by atoms with Gasteiger partial charge in [0.25, 0.3) is 0 Å². The molecule has 0 fully saturated rings. The van der Waals surface area contributed by atoms with Crippen LogP contribution in [0.2, 0.25) is 5.02 Å². The quantitative estimate of drug-likeness (QED) is 0.390. The van der Waals surface area contributed by atoms with E-state index in [1.807, 2.05) is 24.3 Å². The largest absolute Gasteiger partial charge is 0.325 e. The van der Waals surface area contributed by atoms with E-state index in [0.29, 0.717) is 22.2 Å². The number of carbonyl (C=O) groups excluding carboxylic acids is 1. The van der Waals surface area contributed by atoms with Crippen molar-refractivity contribution in [1.82, 2.24) is 9.97 Å². The summed E-state index contributed by atoms with van der Waals surface area (Å²) in [5, 5.41) is 4.07. The number of para-hydroxylation sites is 2. The Bertz CT molecular complexity index is 1200. The Labute approximate surface area is 182 Å². The maximum absolute atomic E-state index is 13.2. The van der Waals surface area contributed by atoms with Crippen LogP contribution in [0.3, 0.4) is 0 Å². The summed E-state index contributed by atoms with van der Waals surface area (Å²) in [5.41, 5.74) is 3.86. The molecule has 0 saturated heterocycles. The van der Waals surface area contributed by atoms with Gasteiger partial charge >= 0.3 is 0 Å². The summed E-state index contributed by atoms with van der Waals surface area (Å²) in [6, 6.07) is 20.9. The second-order valence-electron chi connectivity index (χ2n) is 6.61. The van der Waals surface area contributed by atoms with Crippen molar-refractivity contribution in [3.05, 3.63) is 94.9 Å². The van der Waals surface area contributed by atoms with Gasteiger partial charge in [-0.3, -0.25) is 4.79 Å². The summed E-state index contributed by atoms with van der Waals surface area (Å²) in [6.45, 7) is 0. The highest BCUT2D eigenvalue weighted by Gasteiger charge is 2.13. The van der Waals surface area contributed by atoms with Crippen LogP contribution in [0, 0.1) is 5.82 Å². The van der Waals surface area contributed by atoms with Crippen molar-refractivity contribution in [2.45, 2.75) is 11.4 Å². The number of thioether (sulfide) groups is 1. The molecule has 0 saturated carbocycles. The molecule has 3 aromatic carbocycles. The molecule has 1 aromatic heterocycles. The third kappa shape index (κ3) is 5.14. The first-order valence-electron chi connectivity index (χ1n) is 9.25. The molecule has 1 N–H and O–H groups in total. The van der Waals surface area contributed by atoms with Crippen LogP contribution in [0.15, 0.2) is 77.8 Å². The lowest BCUT2D eigenvalue weighted by Gasteiger charge is -2.10. The Morgan fingerprint density at radius 2 is 1.70 bits per heavy atom. The van der Waals surface area contributed by atoms with Crippen molar-refractivity contribution < 1.29 is 9.18 Å². The fourth-order valence-electron chi connectivity index (χ4n) is 2.94. The first-order chi connectivity index (χ1) is 14.6. The number of fused-ring (bicyclic) bond motifs is 1. The topological polar surface area (TPSA) is 54.9 Å². The molecule has 150 valence electrons. The van der Waals surface area contributed by atoms with Gasteiger partial charge in [-0.05, 0) is 48.0 Å². The van der Waals surface area contributed by atoms with Crippen LogP contribution in [0.5, 0.6) is 0 Å². The number of rotatable bonds is 6. The summed E-state index contributed by atoms with van der Waals surface area (Å²) >= 11 is 7.29. The Morgan fingerprint density at radius 1 is 0.967 bits per heavy atom. The van der Waals surface area contributed by atoms with Crippen LogP contribution < -0.4 is 5.32 Å². The monoisotopic (exact) mass is 437 g/mol. The van der Waals surface area contributed by atoms with Gasteiger partial charge in [-0.15, -0.1) is 0 Å². The molecule has 0 unspecified atom stereocenters. The lowest BCUT2D eigenvalue weighted by atomic mass is 10.1. The number of nitrogens with one attached hydrogen (secondary N) is 1. The van der Waals surface area contributed by atoms with E-state index >= 15 is 0 Å². The van der Waals surface area contributed by atoms with E-state index in [-0.39, 0.29) is 17.5 Å². The van der Waals surface area contributed by atoms with E-state index in [2.05, 4.69) is 5.32 Å². The Kier molecular flexibility index (Phi) is 6.26. The molecule has 0 spiro atoms. The van der Waals surface area contributed by atoms with Gasteiger partial charge in [0.2, 0.25) is 5.91 Å². The molecule has 7 heteroatoms. The third-order valence-corrected chi connectivity index (χ3v) is 5.58. The zero-order chi connectivity index (χ0) is 20.9. The van der Waals surface area contributed by atoms with Crippen molar-refractivity contribution in [1.29, 1.82) is 0 Å². The number of amides is 1. The Balaban J connectivity index is 1.55. The molecule has 1 amide bonds. The predicted molar refractivity (Wildman–Crippen MR) is 120 cm³/mol. The van der Waals surface area contributed by atoms with Gasteiger partial charge in [0.15, 0.2) is 0 Å². The first kappa shape index (κ1) is 20.3. The molecular weight excluding hydrogens is 421 g/mol. The van der Waals surface area contributed by atoms with E-state index in [0.717, 1.165) is 22.3 Å². The molecule has 4 nitrogen and oxygen atoms in total. The van der Waals surface area contributed by atoms with E-state index in [4.69, 9.17) is 21.6 Å². The number of aromatic nitrogens is 2. The van der Waals surface area contributed by atoms with Crippen LogP contribution in [-0.2, 0) is 11.2 Å². The standard InChI is InChI=1S/C23H17ClFN3OS/c24-16-4-3-5-18(13-16)26-22(29)14-30-23-21(12-15-8-10-17(25)11-9-15)27-19-6-1-2-7-20(19)28-23/h1-11,13H,12,14H2,(H,26,29). The lowest BCUT2D eigenvalue weighted by Crippen LogP contribution is -2.14. The normalized spacial score (nSPS) is 10.9. The van der Waals surface area contributed by atoms with Crippen molar-refractivity contribution in [2.75, 3.05) is 11.1 Å². The summed E-state index contributed by atoms with van der Waals surface area (Å²) in [5.74, 6) is -0.267. The van der Waals surface area contributed by atoms with E-state index in [1.165, 1.54) is 23.9 Å². The van der Waals surface area contributed by atoms with Gasteiger partial charge in [0, 0.05) is 17.1 Å². The molecule has 4 rings (SSSR count). The van der Waals surface area contributed by atoms with Crippen LogP contribution in [0.4, 0.5) is 10.1 Å². The number of hydrogen-bond donors (Lipinski definition) is 1. The Morgan fingerprint density at radius 3 is 2.43 bits per heavy atom. The molecule has 1 heterocycles. The molecule has 0 aliphatic heterocycles. The minimum Gasteiger partial charge on any atom is -0.325 e. The molecular formula is C23H17ClFN3OS. The highest BCUT2D eigenvalue weighted by Crippen LogP contribution is 2.25. The summed E-state index contributed by atoms with van der Waals surface area (Å²) in [7, 11) is 0. The van der Waals surface area contributed by atoms with Gasteiger partial charge in [-0.25, -0.2) is 14.4 Å². The zero-order valence-corrected chi connectivity index (χ0v) is 17.4. The van der Waals surface area contributed by atoms with Crippen LogP contribution >= 0.6 is 23.4 Å². The van der Waals surface area contributed by atoms with E-state index < -0.39 is 0 Å². The molecule has 0 aliphatic carbocycles. The predicted octanol–water partition coefficient (Wildman–Crippen LogP) is 5.74. The smallest absolute Gasteiger partial charge is 0.234 e. The second-order valence-corrected chi connectivity index (χ2v) is 8.02. The van der Waals surface area contributed by atoms with Gasteiger partial charge in [-0.1, -0.05) is 53.7 Å². The molecule has 4 aromatic rings. The number of halogens is 2. The number of nitrogens with zero attached hydrogens (tertiary/aromatic N) is 2. The van der Waals surface area contributed by atoms with Crippen LogP contribution in [0.25, 0.3) is 11.0 Å². The maximum atomic E-state index is 13.2. The van der Waals surface area contributed by atoms with E-state index in [1.54, 1.807) is 36.4 Å². The van der Waals surface area contributed by atoms with Crippen molar-refractivity contribution in [3.63, 3.8) is 0 Å². The zero-order valence-electron chi connectivity index (χ0n) is 15.8. The minimum absolute atomic E-state index is 0.162. The minimum atomic E-state index is -0.282. The fraction of sp³-hybridized carbons (Fsp3) is 0.0870. The molecule has 0 aliphatic rings. The maximum Gasteiger partial charge on any atom is 0.234 e. The van der Waals surface area contributed by atoms with Gasteiger partial charge in [0.1, 0.15) is 10.8 Å².